The Morgan fingerprint density at radius 2 is 1.65 bits per heavy atom. The van der Waals surface area contributed by atoms with Crippen LogP contribution in [0.2, 0.25) is 0 Å². The zero-order valence-corrected chi connectivity index (χ0v) is 14.8. The molecule has 0 spiro atoms. The summed E-state index contributed by atoms with van der Waals surface area (Å²) < 4.78 is 0. The van der Waals surface area contributed by atoms with Gasteiger partial charge in [0.05, 0.1) is 10.9 Å². The Balaban J connectivity index is 1.49. The van der Waals surface area contributed by atoms with Gasteiger partial charge in [-0.05, 0) is 35.5 Å². The smallest absolute Gasteiger partial charge is 0.258 e. The molecule has 0 saturated carbocycles. The number of rotatable bonds is 5. The largest absolute Gasteiger partial charge is 0.310 e. The van der Waals surface area contributed by atoms with Crippen LogP contribution in [0.15, 0.2) is 71.5 Å². The number of H-pyrrole nitrogens is 1. The van der Waals surface area contributed by atoms with E-state index in [0.29, 0.717) is 11.8 Å². The Morgan fingerprint density at radius 3 is 2.54 bits per heavy atom. The highest BCUT2D eigenvalue weighted by molar-refractivity contribution is 5.85. The van der Waals surface area contributed by atoms with Gasteiger partial charge in [-0.2, -0.15) is 0 Å². The van der Waals surface area contributed by atoms with Crippen LogP contribution in [0.25, 0.3) is 21.7 Å². The van der Waals surface area contributed by atoms with Gasteiger partial charge in [-0.25, -0.2) is 4.98 Å². The van der Waals surface area contributed by atoms with E-state index in [-0.39, 0.29) is 5.56 Å². The van der Waals surface area contributed by atoms with Gasteiger partial charge in [0.15, 0.2) is 0 Å². The maximum Gasteiger partial charge on any atom is 0.258 e. The van der Waals surface area contributed by atoms with Gasteiger partial charge < -0.3 is 9.88 Å². The molecule has 0 bridgehead atoms. The molecule has 0 aliphatic heterocycles. The van der Waals surface area contributed by atoms with Gasteiger partial charge in [0.25, 0.3) is 5.56 Å². The zero-order chi connectivity index (χ0) is 17.9. The number of likely N-dealkylation sites (N-methyl/N-ethyl adjacent to an activating group) is 1. The summed E-state index contributed by atoms with van der Waals surface area (Å²) in [5.41, 5.74) is 2.00. The van der Waals surface area contributed by atoms with Crippen LogP contribution in [0, 0.1) is 0 Å². The molecule has 4 heteroatoms. The van der Waals surface area contributed by atoms with Crippen molar-refractivity contribution >= 4 is 21.7 Å². The van der Waals surface area contributed by atoms with Crippen molar-refractivity contribution in [1.82, 2.24) is 14.9 Å². The third-order valence-corrected chi connectivity index (χ3v) is 4.71. The Hall–Kier alpha value is -2.98. The van der Waals surface area contributed by atoms with Crippen LogP contribution in [0.1, 0.15) is 11.4 Å². The molecule has 0 amide bonds. The van der Waals surface area contributed by atoms with Crippen LogP contribution in [-0.4, -0.2) is 28.5 Å². The van der Waals surface area contributed by atoms with Crippen LogP contribution >= 0.6 is 0 Å². The van der Waals surface area contributed by atoms with Crippen molar-refractivity contribution in [2.75, 3.05) is 13.6 Å². The van der Waals surface area contributed by atoms with Gasteiger partial charge in [-0.1, -0.05) is 54.6 Å². The lowest BCUT2D eigenvalue weighted by atomic mass is 10.0. The molecule has 130 valence electrons. The average Bonchev–Trinajstić information content (AvgIpc) is 2.67. The number of fused-ring (bicyclic) bond motifs is 2. The van der Waals surface area contributed by atoms with E-state index in [2.05, 4.69) is 64.4 Å². The number of nitrogens with one attached hydrogen (secondary N) is 1. The number of hydrogen-bond donors (Lipinski definition) is 1. The van der Waals surface area contributed by atoms with Gasteiger partial charge in [0.2, 0.25) is 0 Å². The number of nitrogens with zero attached hydrogens (tertiary/aromatic N) is 2. The van der Waals surface area contributed by atoms with E-state index in [0.717, 1.165) is 24.4 Å². The molecule has 0 aliphatic rings. The van der Waals surface area contributed by atoms with E-state index in [1.807, 2.05) is 18.2 Å². The summed E-state index contributed by atoms with van der Waals surface area (Å²) in [7, 11) is 2.10. The number of hydrogen-bond acceptors (Lipinski definition) is 3. The number of aromatic nitrogens is 2. The minimum Gasteiger partial charge on any atom is -0.310 e. The Bertz CT molecular complexity index is 1110. The fourth-order valence-electron chi connectivity index (χ4n) is 3.35. The second-order valence-electron chi connectivity index (χ2n) is 6.66. The molecule has 1 aromatic heterocycles. The molecule has 26 heavy (non-hydrogen) atoms. The summed E-state index contributed by atoms with van der Waals surface area (Å²) in [5, 5.41) is 3.19. The third-order valence-electron chi connectivity index (χ3n) is 4.71. The SMILES string of the molecule is CN(CCc1nc2ccccc2c(=O)[nH]1)Cc1cccc2ccccc12. The van der Waals surface area contributed by atoms with Crippen molar-refractivity contribution in [3.63, 3.8) is 0 Å². The summed E-state index contributed by atoms with van der Waals surface area (Å²) in [6.07, 6.45) is 0.710. The van der Waals surface area contributed by atoms with Crippen molar-refractivity contribution in [2.45, 2.75) is 13.0 Å². The van der Waals surface area contributed by atoms with E-state index in [1.165, 1.54) is 16.3 Å². The lowest BCUT2D eigenvalue weighted by Crippen LogP contribution is -2.23. The van der Waals surface area contributed by atoms with E-state index in [4.69, 9.17) is 0 Å². The van der Waals surface area contributed by atoms with Crippen LogP contribution < -0.4 is 5.56 Å². The summed E-state index contributed by atoms with van der Waals surface area (Å²) >= 11 is 0. The van der Waals surface area contributed by atoms with E-state index >= 15 is 0 Å². The normalized spacial score (nSPS) is 11.5. The highest BCUT2D eigenvalue weighted by Gasteiger charge is 2.07. The number of para-hydroxylation sites is 1. The van der Waals surface area contributed by atoms with Crippen molar-refractivity contribution < 1.29 is 0 Å². The van der Waals surface area contributed by atoms with Gasteiger partial charge in [-0.15, -0.1) is 0 Å². The van der Waals surface area contributed by atoms with Gasteiger partial charge in [0.1, 0.15) is 5.82 Å². The highest BCUT2D eigenvalue weighted by Crippen LogP contribution is 2.19. The maximum atomic E-state index is 12.2. The highest BCUT2D eigenvalue weighted by atomic mass is 16.1. The van der Waals surface area contributed by atoms with Crippen LogP contribution in [0.4, 0.5) is 0 Å². The zero-order valence-electron chi connectivity index (χ0n) is 14.8. The fourth-order valence-corrected chi connectivity index (χ4v) is 3.35. The second-order valence-corrected chi connectivity index (χ2v) is 6.66. The number of aromatic amines is 1. The average molecular weight is 343 g/mol. The molecule has 4 nitrogen and oxygen atoms in total. The fraction of sp³-hybridized carbons (Fsp3) is 0.182. The van der Waals surface area contributed by atoms with E-state index in [9.17, 15) is 4.79 Å². The topological polar surface area (TPSA) is 49.0 Å². The standard InChI is InChI=1S/C22H21N3O/c1-25(15-17-9-6-8-16-7-2-3-10-18(16)17)14-13-21-23-20-12-5-4-11-19(20)22(26)24-21/h2-12H,13-15H2,1H3,(H,23,24,26). The molecular weight excluding hydrogens is 322 g/mol. The molecule has 4 aromatic rings. The molecular formula is C22H21N3O. The molecule has 3 aromatic carbocycles. The molecule has 1 N–H and O–H groups in total. The number of benzene rings is 3. The predicted octanol–water partition coefficient (Wildman–Crippen LogP) is 3.75. The molecule has 0 aliphatic carbocycles. The Morgan fingerprint density at radius 1 is 0.923 bits per heavy atom. The first kappa shape index (κ1) is 16.5. The van der Waals surface area contributed by atoms with Gasteiger partial charge >= 0.3 is 0 Å². The lowest BCUT2D eigenvalue weighted by Gasteiger charge is -2.17. The monoisotopic (exact) mass is 343 g/mol. The quantitative estimate of drug-likeness (QED) is 0.600. The summed E-state index contributed by atoms with van der Waals surface area (Å²) in [6.45, 7) is 1.68. The van der Waals surface area contributed by atoms with Crippen molar-refractivity contribution in [3.8, 4) is 0 Å². The first-order valence-corrected chi connectivity index (χ1v) is 8.84. The van der Waals surface area contributed by atoms with Gasteiger partial charge in [-0.3, -0.25) is 4.79 Å². The summed E-state index contributed by atoms with van der Waals surface area (Å²) in [6, 6.07) is 22.3. The lowest BCUT2D eigenvalue weighted by molar-refractivity contribution is 0.330. The van der Waals surface area contributed by atoms with Crippen LogP contribution in [0.3, 0.4) is 0 Å². The summed E-state index contributed by atoms with van der Waals surface area (Å²) in [4.78, 5) is 21.9. The van der Waals surface area contributed by atoms with Crippen molar-refractivity contribution in [1.29, 1.82) is 0 Å². The maximum absolute atomic E-state index is 12.2. The molecule has 4 rings (SSSR count). The van der Waals surface area contributed by atoms with E-state index in [1.54, 1.807) is 6.07 Å². The van der Waals surface area contributed by atoms with Crippen molar-refractivity contribution in [3.05, 3.63) is 88.5 Å². The minimum atomic E-state index is -0.0673. The van der Waals surface area contributed by atoms with Gasteiger partial charge in [0, 0.05) is 19.5 Å². The minimum absolute atomic E-state index is 0.0673. The predicted molar refractivity (Wildman–Crippen MR) is 106 cm³/mol. The molecule has 0 unspecified atom stereocenters. The molecule has 0 radical (unpaired) electrons. The third kappa shape index (κ3) is 3.37. The van der Waals surface area contributed by atoms with E-state index < -0.39 is 0 Å². The Kier molecular flexibility index (Phi) is 4.50. The van der Waals surface area contributed by atoms with Crippen LogP contribution in [0.5, 0.6) is 0 Å². The molecule has 0 atom stereocenters. The molecule has 0 saturated heterocycles. The Labute approximate surface area is 152 Å². The van der Waals surface area contributed by atoms with Crippen molar-refractivity contribution in [2.24, 2.45) is 0 Å². The second kappa shape index (κ2) is 7.10. The molecule has 1 heterocycles. The first-order chi connectivity index (χ1) is 12.7. The van der Waals surface area contributed by atoms with Crippen LogP contribution in [-0.2, 0) is 13.0 Å². The first-order valence-electron chi connectivity index (χ1n) is 8.84. The summed E-state index contributed by atoms with van der Waals surface area (Å²) in [5.74, 6) is 0.735. The molecule has 0 fully saturated rings.